The molecule has 0 aliphatic carbocycles. The number of amides is 1. The van der Waals surface area contributed by atoms with Gasteiger partial charge in [-0.05, 0) is 12.1 Å². The third kappa shape index (κ3) is 3.62. The number of hydrogen-bond acceptors (Lipinski definition) is 5. The molecule has 2 heterocycles. The molecule has 8 heteroatoms. The SMILES string of the molecule is Cl.O=C(NCC1CNCC1O)c1cnn(-c2ccccc2)n1. The van der Waals surface area contributed by atoms with Crippen LogP contribution >= 0.6 is 12.4 Å². The molecule has 22 heavy (non-hydrogen) atoms. The van der Waals surface area contributed by atoms with Crippen molar-refractivity contribution in [3.8, 4) is 5.69 Å². The van der Waals surface area contributed by atoms with Crippen LogP contribution in [0.1, 0.15) is 10.5 Å². The maximum atomic E-state index is 12.0. The van der Waals surface area contributed by atoms with E-state index >= 15 is 0 Å². The first-order chi connectivity index (χ1) is 10.2. The Morgan fingerprint density at radius 1 is 1.36 bits per heavy atom. The zero-order valence-electron chi connectivity index (χ0n) is 11.8. The van der Waals surface area contributed by atoms with Crippen molar-refractivity contribution in [3.63, 3.8) is 0 Å². The van der Waals surface area contributed by atoms with Gasteiger partial charge in [0.25, 0.3) is 5.91 Å². The number of β-amino-alcohol motifs (C(OH)–C–C–N with tert-alkyl or cyclic N) is 1. The Hall–Kier alpha value is -1.96. The molecule has 2 unspecified atom stereocenters. The zero-order chi connectivity index (χ0) is 14.7. The molecule has 118 valence electrons. The molecule has 1 saturated heterocycles. The van der Waals surface area contributed by atoms with E-state index in [1.54, 1.807) is 0 Å². The fourth-order valence-electron chi connectivity index (χ4n) is 2.29. The molecule has 1 aliphatic rings. The Balaban J connectivity index is 0.00000176. The number of nitrogens with one attached hydrogen (secondary N) is 2. The molecular weight excluding hydrogens is 306 g/mol. The average Bonchev–Trinajstić information content (AvgIpc) is 3.15. The van der Waals surface area contributed by atoms with Gasteiger partial charge in [0.1, 0.15) is 0 Å². The second kappa shape index (κ2) is 7.35. The van der Waals surface area contributed by atoms with Crippen molar-refractivity contribution in [2.75, 3.05) is 19.6 Å². The molecule has 2 aromatic rings. The van der Waals surface area contributed by atoms with Crippen LogP contribution in [0.5, 0.6) is 0 Å². The summed E-state index contributed by atoms with van der Waals surface area (Å²) in [6, 6.07) is 9.39. The maximum Gasteiger partial charge on any atom is 0.273 e. The van der Waals surface area contributed by atoms with E-state index in [0.29, 0.717) is 19.6 Å². The van der Waals surface area contributed by atoms with E-state index in [4.69, 9.17) is 0 Å². The smallest absolute Gasteiger partial charge is 0.273 e. The molecule has 0 radical (unpaired) electrons. The van der Waals surface area contributed by atoms with Crippen molar-refractivity contribution in [1.82, 2.24) is 25.6 Å². The van der Waals surface area contributed by atoms with Crippen LogP contribution < -0.4 is 10.6 Å². The van der Waals surface area contributed by atoms with Crippen molar-refractivity contribution in [3.05, 3.63) is 42.2 Å². The highest BCUT2D eigenvalue weighted by atomic mass is 35.5. The van der Waals surface area contributed by atoms with Crippen LogP contribution in [-0.4, -0.2) is 51.7 Å². The van der Waals surface area contributed by atoms with E-state index in [2.05, 4.69) is 20.8 Å². The summed E-state index contributed by atoms with van der Waals surface area (Å²) in [7, 11) is 0. The zero-order valence-corrected chi connectivity index (χ0v) is 12.7. The van der Waals surface area contributed by atoms with Crippen LogP contribution in [0, 0.1) is 5.92 Å². The minimum Gasteiger partial charge on any atom is -0.391 e. The van der Waals surface area contributed by atoms with E-state index in [1.807, 2.05) is 30.3 Å². The monoisotopic (exact) mass is 323 g/mol. The number of aliphatic hydroxyl groups excluding tert-OH is 1. The van der Waals surface area contributed by atoms with Crippen LogP contribution in [0.25, 0.3) is 5.69 Å². The maximum absolute atomic E-state index is 12.0. The summed E-state index contributed by atoms with van der Waals surface area (Å²) in [6.07, 6.45) is 1.02. The van der Waals surface area contributed by atoms with Gasteiger partial charge < -0.3 is 15.7 Å². The third-order valence-corrected chi connectivity index (χ3v) is 3.54. The number of rotatable bonds is 4. The minimum atomic E-state index is -0.412. The summed E-state index contributed by atoms with van der Waals surface area (Å²) < 4.78 is 0. The number of aliphatic hydroxyl groups is 1. The summed E-state index contributed by atoms with van der Waals surface area (Å²) >= 11 is 0. The van der Waals surface area contributed by atoms with E-state index in [0.717, 1.165) is 5.69 Å². The molecule has 0 spiro atoms. The van der Waals surface area contributed by atoms with Gasteiger partial charge >= 0.3 is 0 Å². The Morgan fingerprint density at radius 2 is 2.14 bits per heavy atom. The van der Waals surface area contributed by atoms with Crippen LogP contribution in [0.15, 0.2) is 36.5 Å². The van der Waals surface area contributed by atoms with Crippen LogP contribution in [0.3, 0.4) is 0 Å². The number of aromatic nitrogens is 3. The first-order valence-electron chi connectivity index (χ1n) is 6.89. The molecular formula is C14H18ClN5O2. The van der Waals surface area contributed by atoms with Crippen LogP contribution in [0.4, 0.5) is 0 Å². The molecule has 1 amide bonds. The quantitative estimate of drug-likeness (QED) is 0.736. The van der Waals surface area contributed by atoms with Crippen molar-refractivity contribution in [2.24, 2.45) is 5.92 Å². The number of carbonyl (C=O) groups is 1. The molecule has 1 aromatic heterocycles. The van der Waals surface area contributed by atoms with E-state index < -0.39 is 6.10 Å². The lowest BCUT2D eigenvalue weighted by molar-refractivity contribution is 0.0921. The fraction of sp³-hybridized carbons (Fsp3) is 0.357. The molecule has 1 aromatic carbocycles. The first-order valence-corrected chi connectivity index (χ1v) is 6.89. The topological polar surface area (TPSA) is 92.1 Å². The van der Waals surface area contributed by atoms with Gasteiger partial charge in [0.2, 0.25) is 0 Å². The second-order valence-corrected chi connectivity index (χ2v) is 5.05. The van der Waals surface area contributed by atoms with Crippen LogP contribution in [-0.2, 0) is 0 Å². The predicted molar refractivity (Wildman–Crippen MR) is 83.3 cm³/mol. The lowest BCUT2D eigenvalue weighted by atomic mass is 10.1. The Kier molecular flexibility index (Phi) is 5.48. The van der Waals surface area contributed by atoms with Gasteiger partial charge in [0.15, 0.2) is 5.69 Å². The van der Waals surface area contributed by atoms with Gasteiger partial charge in [0.05, 0.1) is 18.0 Å². The van der Waals surface area contributed by atoms with Gasteiger partial charge in [-0.1, -0.05) is 18.2 Å². The molecule has 1 aliphatic heterocycles. The summed E-state index contributed by atoms with van der Waals surface area (Å²) in [6.45, 7) is 1.70. The first kappa shape index (κ1) is 16.4. The Morgan fingerprint density at radius 3 is 2.82 bits per heavy atom. The molecule has 3 N–H and O–H groups in total. The predicted octanol–water partition coefficient (Wildman–Crippen LogP) is -0.000800. The van der Waals surface area contributed by atoms with Crippen molar-refractivity contribution in [1.29, 1.82) is 0 Å². The molecule has 0 bridgehead atoms. The number of halogens is 1. The Labute approximate surface area is 134 Å². The summed E-state index contributed by atoms with van der Waals surface area (Å²) in [5.74, 6) is -0.241. The van der Waals surface area contributed by atoms with E-state index in [-0.39, 0.29) is 29.9 Å². The largest absolute Gasteiger partial charge is 0.391 e. The fourth-order valence-corrected chi connectivity index (χ4v) is 2.29. The number of nitrogens with zero attached hydrogens (tertiary/aromatic N) is 3. The second-order valence-electron chi connectivity index (χ2n) is 5.05. The van der Waals surface area contributed by atoms with Crippen LogP contribution in [0.2, 0.25) is 0 Å². The Bertz CT molecular complexity index is 619. The van der Waals surface area contributed by atoms with Gasteiger partial charge in [-0.15, -0.1) is 17.5 Å². The molecule has 2 atom stereocenters. The number of benzene rings is 1. The van der Waals surface area contributed by atoms with Gasteiger partial charge in [-0.2, -0.15) is 9.90 Å². The highest BCUT2D eigenvalue weighted by Crippen LogP contribution is 2.08. The highest BCUT2D eigenvalue weighted by molar-refractivity contribution is 5.91. The lowest BCUT2D eigenvalue weighted by Crippen LogP contribution is -2.34. The third-order valence-electron chi connectivity index (χ3n) is 3.54. The molecule has 1 fully saturated rings. The molecule has 0 saturated carbocycles. The molecule has 7 nitrogen and oxygen atoms in total. The summed E-state index contributed by atoms with van der Waals surface area (Å²) in [5, 5.41) is 23.8. The normalized spacial score (nSPS) is 20.4. The average molecular weight is 324 g/mol. The van der Waals surface area contributed by atoms with Gasteiger partial charge in [-0.25, -0.2) is 0 Å². The number of para-hydroxylation sites is 1. The van der Waals surface area contributed by atoms with Crippen molar-refractivity contribution in [2.45, 2.75) is 6.10 Å². The molecule has 3 rings (SSSR count). The van der Waals surface area contributed by atoms with Gasteiger partial charge in [-0.3, -0.25) is 4.79 Å². The summed E-state index contributed by atoms with van der Waals surface area (Å²) in [4.78, 5) is 13.4. The van der Waals surface area contributed by atoms with Crippen molar-refractivity contribution < 1.29 is 9.90 Å². The van der Waals surface area contributed by atoms with Crippen molar-refractivity contribution >= 4 is 18.3 Å². The van der Waals surface area contributed by atoms with Gasteiger partial charge in [0, 0.05) is 25.6 Å². The summed E-state index contributed by atoms with van der Waals surface area (Å²) in [5.41, 5.74) is 1.06. The number of carbonyl (C=O) groups excluding carboxylic acids is 1. The number of hydrogen-bond donors (Lipinski definition) is 3. The standard InChI is InChI=1S/C14H17N5O2.ClH/c20-13-9-15-6-10(13)7-16-14(21)12-8-17-19(18-12)11-4-2-1-3-5-11;/h1-5,8,10,13,15,20H,6-7,9H2,(H,16,21);1H. The highest BCUT2D eigenvalue weighted by Gasteiger charge is 2.25. The van der Waals surface area contributed by atoms with E-state index in [9.17, 15) is 9.90 Å². The van der Waals surface area contributed by atoms with E-state index in [1.165, 1.54) is 11.0 Å². The minimum absolute atomic E-state index is 0. The lowest BCUT2D eigenvalue weighted by Gasteiger charge is -2.13.